The highest BCUT2D eigenvalue weighted by Crippen LogP contribution is 2.20. The summed E-state index contributed by atoms with van der Waals surface area (Å²) in [5.41, 5.74) is 5.74. The third-order valence-corrected chi connectivity index (χ3v) is 2.08. The van der Waals surface area contributed by atoms with Crippen LogP contribution in [0.5, 0.6) is 0 Å². The predicted octanol–water partition coefficient (Wildman–Crippen LogP) is 4.34. The third-order valence-electron chi connectivity index (χ3n) is 2.08. The molecule has 1 rings (SSSR count). The summed E-state index contributed by atoms with van der Waals surface area (Å²) in [7, 11) is 0. The molecule has 1 atom stereocenters. The summed E-state index contributed by atoms with van der Waals surface area (Å²) in [4.78, 5) is 0. The van der Waals surface area contributed by atoms with E-state index in [0.717, 1.165) is 0 Å². The van der Waals surface area contributed by atoms with Crippen LogP contribution in [0.3, 0.4) is 0 Å². The minimum absolute atomic E-state index is 0.524. The van der Waals surface area contributed by atoms with Crippen LogP contribution < -0.4 is 5.43 Å². The lowest BCUT2D eigenvalue weighted by atomic mass is 9.95. The number of nitrogens with one attached hydrogen (secondary N) is 1. The molecule has 2 nitrogen and oxygen atoms in total. The normalized spacial score (nSPS) is 18.2. The van der Waals surface area contributed by atoms with Crippen molar-refractivity contribution in [3.63, 3.8) is 0 Å². The Balaban J connectivity index is 0. The zero-order valence-corrected chi connectivity index (χ0v) is 11.5. The topological polar surface area (TPSA) is 24.4 Å². The van der Waals surface area contributed by atoms with Crippen molar-refractivity contribution in [2.45, 2.75) is 61.3 Å². The Labute approximate surface area is 95.9 Å². The SMILES string of the molecule is CC.CC.CCCC1=C(C)NN=CC1C. The summed E-state index contributed by atoms with van der Waals surface area (Å²) in [6.07, 6.45) is 4.37. The van der Waals surface area contributed by atoms with Crippen molar-refractivity contribution in [1.82, 2.24) is 5.43 Å². The summed E-state index contributed by atoms with van der Waals surface area (Å²) in [5.74, 6) is 0.524. The first-order valence-corrected chi connectivity index (χ1v) is 6.24. The van der Waals surface area contributed by atoms with Gasteiger partial charge in [0.25, 0.3) is 0 Å². The van der Waals surface area contributed by atoms with E-state index in [4.69, 9.17) is 0 Å². The van der Waals surface area contributed by atoms with E-state index in [1.807, 2.05) is 33.9 Å². The second-order valence-electron chi connectivity index (χ2n) is 3.08. The number of hydrogen-bond acceptors (Lipinski definition) is 2. The molecule has 1 heterocycles. The van der Waals surface area contributed by atoms with Crippen LogP contribution >= 0.6 is 0 Å². The smallest absolute Gasteiger partial charge is 0.0316 e. The highest BCUT2D eigenvalue weighted by atomic mass is 15.3. The van der Waals surface area contributed by atoms with Crippen molar-refractivity contribution < 1.29 is 0 Å². The largest absolute Gasteiger partial charge is 0.283 e. The molecule has 0 radical (unpaired) electrons. The summed E-state index contributed by atoms with van der Waals surface area (Å²) in [6.45, 7) is 14.5. The van der Waals surface area contributed by atoms with Crippen LogP contribution in [0.2, 0.25) is 0 Å². The number of hydrogen-bond donors (Lipinski definition) is 1. The third kappa shape index (κ3) is 6.32. The van der Waals surface area contributed by atoms with Gasteiger partial charge in [0.2, 0.25) is 0 Å². The Kier molecular flexibility index (Phi) is 12.5. The fourth-order valence-electron chi connectivity index (χ4n) is 1.43. The Morgan fingerprint density at radius 2 is 1.80 bits per heavy atom. The predicted molar refractivity (Wildman–Crippen MR) is 71.1 cm³/mol. The van der Waals surface area contributed by atoms with Crippen molar-refractivity contribution >= 4 is 6.21 Å². The number of allylic oxidation sites excluding steroid dienone is 2. The van der Waals surface area contributed by atoms with Crippen molar-refractivity contribution in [3.05, 3.63) is 11.3 Å². The van der Waals surface area contributed by atoms with Crippen LogP contribution in [0.15, 0.2) is 16.4 Å². The van der Waals surface area contributed by atoms with E-state index in [0.29, 0.717) is 5.92 Å². The zero-order valence-electron chi connectivity index (χ0n) is 11.5. The van der Waals surface area contributed by atoms with Gasteiger partial charge in [-0.25, -0.2) is 0 Å². The molecule has 1 N–H and O–H groups in total. The van der Waals surface area contributed by atoms with Gasteiger partial charge >= 0.3 is 0 Å². The van der Waals surface area contributed by atoms with Gasteiger partial charge in [-0.05, 0) is 18.9 Å². The van der Waals surface area contributed by atoms with Gasteiger partial charge in [0.15, 0.2) is 0 Å². The minimum Gasteiger partial charge on any atom is -0.283 e. The molecule has 0 aromatic carbocycles. The van der Waals surface area contributed by atoms with Gasteiger partial charge in [0, 0.05) is 17.8 Å². The molecule has 0 spiro atoms. The summed E-state index contributed by atoms with van der Waals surface area (Å²) < 4.78 is 0. The maximum Gasteiger partial charge on any atom is 0.0316 e. The zero-order chi connectivity index (χ0) is 12.3. The van der Waals surface area contributed by atoms with Crippen molar-refractivity contribution in [2.75, 3.05) is 0 Å². The second-order valence-corrected chi connectivity index (χ2v) is 3.08. The van der Waals surface area contributed by atoms with Crippen LogP contribution in [-0.2, 0) is 0 Å². The Bertz CT molecular complexity index is 193. The van der Waals surface area contributed by atoms with E-state index in [-0.39, 0.29) is 0 Å². The van der Waals surface area contributed by atoms with Gasteiger partial charge in [-0.1, -0.05) is 48.0 Å². The van der Waals surface area contributed by atoms with Gasteiger partial charge in [-0.3, -0.25) is 5.43 Å². The van der Waals surface area contributed by atoms with E-state index in [9.17, 15) is 0 Å². The molecule has 0 aromatic heterocycles. The molecule has 2 heteroatoms. The van der Waals surface area contributed by atoms with E-state index in [1.54, 1.807) is 0 Å². The highest BCUT2D eigenvalue weighted by molar-refractivity contribution is 5.66. The van der Waals surface area contributed by atoms with Gasteiger partial charge in [0.05, 0.1) is 0 Å². The molecule has 1 aliphatic heterocycles. The van der Waals surface area contributed by atoms with Crippen molar-refractivity contribution in [3.8, 4) is 0 Å². The molecular formula is C13H28N2. The minimum atomic E-state index is 0.524. The Hall–Kier alpha value is -0.790. The Morgan fingerprint density at radius 1 is 1.27 bits per heavy atom. The summed E-state index contributed by atoms with van der Waals surface area (Å²) >= 11 is 0. The van der Waals surface area contributed by atoms with Crippen LogP contribution in [0.1, 0.15) is 61.3 Å². The molecule has 1 unspecified atom stereocenters. The lowest BCUT2D eigenvalue weighted by molar-refractivity contribution is 0.710. The van der Waals surface area contributed by atoms with Gasteiger partial charge in [-0.2, -0.15) is 5.10 Å². The van der Waals surface area contributed by atoms with Gasteiger partial charge in [-0.15, -0.1) is 0 Å². The van der Waals surface area contributed by atoms with E-state index in [1.165, 1.54) is 24.1 Å². The Morgan fingerprint density at radius 3 is 2.20 bits per heavy atom. The molecule has 0 bridgehead atoms. The molecular weight excluding hydrogens is 184 g/mol. The van der Waals surface area contributed by atoms with Crippen molar-refractivity contribution in [1.29, 1.82) is 0 Å². The quantitative estimate of drug-likeness (QED) is 0.723. The van der Waals surface area contributed by atoms with E-state index >= 15 is 0 Å². The summed E-state index contributed by atoms with van der Waals surface area (Å²) in [5, 5.41) is 4.04. The van der Waals surface area contributed by atoms with Gasteiger partial charge in [0.1, 0.15) is 0 Å². The monoisotopic (exact) mass is 212 g/mol. The van der Waals surface area contributed by atoms with Crippen molar-refractivity contribution in [2.24, 2.45) is 11.0 Å². The summed E-state index contributed by atoms with van der Waals surface area (Å²) in [6, 6.07) is 0. The molecule has 0 saturated heterocycles. The molecule has 0 amide bonds. The average molecular weight is 212 g/mol. The number of nitrogens with zero attached hydrogens (tertiary/aromatic N) is 1. The first kappa shape index (κ1) is 16.6. The maximum atomic E-state index is 4.04. The first-order valence-electron chi connectivity index (χ1n) is 6.24. The maximum absolute atomic E-state index is 4.04. The first-order chi connectivity index (χ1) is 7.25. The van der Waals surface area contributed by atoms with Gasteiger partial charge < -0.3 is 0 Å². The molecule has 0 fully saturated rings. The van der Waals surface area contributed by atoms with Crippen LogP contribution in [-0.4, -0.2) is 6.21 Å². The molecule has 90 valence electrons. The standard InChI is InChI=1S/C9H16N2.2C2H6/c1-4-5-9-7(2)6-10-11-8(9)3;2*1-2/h6-7,11H,4-5H2,1-3H3;2*1-2H3. The van der Waals surface area contributed by atoms with E-state index < -0.39 is 0 Å². The lowest BCUT2D eigenvalue weighted by Crippen LogP contribution is -2.17. The fraction of sp³-hybridized carbons (Fsp3) is 0.769. The molecule has 0 aliphatic carbocycles. The average Bonchev–Trinajstić information content (AvgIpc) is 2.29. The number of rotatable bonds is 2. The molecule has 0 saturated carbocycles. The molecule has 1 aliphatic rings. The second kappa shape index (κ2) is 11.3. The fourth-order valence-corrected chi connectivity index (χ4v) is 1.43. The number of hydrazone groups is 1. The molecule has 0 aromatic rings. The molecule has 15 heavy (non-hydrogen) atoms. The van der Waals surface area contributed by atoms with Crippen LogP contribution in [0.25, 0.3) is 0 Å². The van der Waals surface area contributed by atoms with Crippen LogP contribution in [0.4, 0.5) is 0 Å². The van der Waals surface area contributed by atoms with Crippen LogP contribution in [0, 0.1) is 5.92 Å². The lowest BCUT2D eigenvalue weighted by Gasteiger charge is -2.19. The van der Waals surface area contributed by atoms with E-state index in [2.05, 4.69) is 31.3 Å². The highest BCUT2D eigenvalue weighted by Gasteiger charge is 2.11.